The van der Waals surface area contributed by atoms with Gasteiger partial charge in [0.1, 0.15) is 23.0 Å². The average molecular weight is 793 g/mol. The SMILES string of the molecule is CC(C)(C)c1cc2c(O)c(c1)Cc1cc(C(C)(C)C)cc(c1OCCC(=O)O)Cc1cc(C(C)(C)C)cc(c1O)Cc1cc(C(C)(C)C)cc(c1OCCC(=O)O)C2. The summed E-state index contributed by atoms with van der Waals surface area (Å²) in [5.41, 5.74) is 9.15. The van der Waals surface area contributed by atoms with Gasteiger partial charge in [0, 0.05) is 25.7 Å². The van der Waals surface area contributed by atoms with Gasteiger partial charge in [-0.15, -0.1) is 0 Å². The summed E-state index contributed by atoms with van der Waals surface area (Å²) in [6.45, 7) is 25.6. The molecule has 0 aromatic heterocycles. The molecule has 5 rings (SSSR count). The Morgan fingerprint density at radius 3 is 0.828 bits per heavy atom. The number of fused-ring (bicyclic) bond motifs is 8. The van der Waals surface area contributed by atoms with Crippen molar-refractivity contribution >= 4 is 11.9 Å². The van der Waals surface area contributed by atoms with E-state index in [4.69, 9.17) is 9.47 Å². The molecule has 0 atom stereocenters. The lowest BCUT2D eigenvalue weighted by molar-refractivity contribution is -0.138. The standard InChI is InChI=1S/C50H64O8/c1-47(2,3)37-21-29-17-33-25-39(49(7,8)9)27-35(45(33)57-15-13-41(51)52)19-31-23-38(48(4,5)6)24-32(44(31)56)20-36-28-40(50(10,11)12)26-34(18-30(22-37)43(29)55)46(36)58-16-14-42(53)54/h21-28,55-56H,13-20H2,1-12H3,(H,51,52)(H,53,54). The van der Waals surface area contributed by atoms with Crippen LogP contribution in [0.25, 0.3) is 0 Å². The van der Waals surface area contributed by atoms with E-state index in [1.54, 1.807) is 0 Å². The maximum atomic E-state index is 12.3. The summed E-state index contributed by atoms with van der Waals surface area (Å²) in [6, 6.07) is 16.6. The fourth-order valence-corrected chi connectivity index (χ4v) is 7.50. The number of phenols is 2. The molecular formula is C50H64O8. The molecule has 4 aromatic rings. The van der Waals surface area contributed by atoms with Crippen LogP contribution in [0, 0.1) is 0 Å². The number of aliphatic carboxylic acids is 2. The Bertz CT molecular complexity index is 1950. The highest BCUT2D eigenvalue weighted by Gasteiger charge is 2.28. The average Bonchev–Trinajstić information content (AvgIpc) is 3.07. The summed E-state index contributed by atoms with van der Waals surface area (Å²) in [5, 5.41) is 43.9. The lowest BCUT2D eigenvalue weighted by Crippen LogP contribution is -2.17. The Morgan fingerprint density at radius 2 is 0.638 bits per heavy atom. The molecular weight excluding hydrogens is 729 g/mol. The van der Waals surface area contributed by atoms with Crippen LogP contribution in [0.5, 0.6) is 23.0 Å². The number of carboxylic acid groups (broad SMARTS) is 2. The molecule has 0 amide bonds. The number of carbonyl (C=O) groups is 2. The fourth-order valence-electron chi connectivity index (χ4n) is 7.50. The van der Waals surface area contributed by atoms with E-state index in [9.17, 15) is 30.0 Å². The van der Waals surface area contributed by atoms with Crippen molar-refractivity contribution in [2.75, 3.05) is 13.2 Å². The molecule has 0 fully saturated rings. The van der Waals surface area contributed by atoms with Crippen molar-refractivity contribution in [2.24, 2.45) is 0 Å². The number of benzene rings is 4. The highest BCUT2D eigenvalue weighted by Crippen LogP contribution is 2.43. The first-order chi connectivity index (χ1) is 26.7. The summed E-state index contributed by atoms with van der Waals surface area (Å²) < 4.78 is 12.9. The van der Waals surface area contributed by atoms with Crippen LogP contribution in [-0.4, -0.2) is 45.6 Å². The molecule has 0 heterocycles. The third-order valence-electron chi connectivity index (χ3n) is 11.1. The van der Waals surface area contributed by atoms with Crippen LogP contribution in [0.15, 0.2) is 48.5 Å². The maximum Gasteiger partial charge on any atom is 0.306 e. The number of aromatic hydroxyl groups is 2. The molecule has 1 aliphatic carbocycles. The molecule has 58 heavy (non-hydrogen) atoms. The van der Waals surface area contributed by atoms with Crippen LogP contribution < -0.4 is 9.47 Å². The van der Waals surface area contributed by atoms with Gasteiger partial charge >= 0.3 is 11.9 Å². The van der Waals surface area contributed by atoms with Crippen LogP contribution in [0.3, 0.4) is 0 Å². The Morgan fingerprint density at radius 1 is 0.431 bits per heavy atom. The van der Waals surface area contributed by atoms with Gasteiger partial charge in [-0.3, -0.25) is 9.59 Å². The Hall–Kier alpha value is -4.98. The number of hydrogen-bond acceptors (Lipinski definition) is 6. The quantitative estimate of drug-likeness (QED) is 0.122. The molecule has 0 spiro atoms. The second-order valence-electron chi connectivity index (χ2n) is 20.2. The van der Waals surface area contributed by atoms with Crippen molar-refractivity contribution in [1.82, 2.24) is 0 Å². The maximum absolute atomic E-state index is 12.3. The van der Waals surface area contributed by atoms with Gasteiger partial charge < -0.3 is 29.9 Å². The van der Waals surface area contributed by atoms with Crippen molar-refractivity contribution < 1.29 is 39.5 Å². The molecule has 0 aliphatic heterocycles. The molecule has 0 saturated heterocycles. The molecule has 0 unspecified atom stereocenters. The molecule has 8 nitrogen and oxygen atoms in total. The van der Waals surface area contributed by atoms with E-state index in [0.717, 1.165) is 44.5 Å². The molecule has 1 aliphatic rings. The first-order valence-electron chi connectivity index (χ1n) is 20.4. The predicted octanol–water partition coefficient (Wildman–Crippen LogP) is 10.7. The summed E-state index contributed by atoms with van der Waals surface area (Å²) >= 11 is 0. The van der Waals surface area contributed by atoms with Crippen LogP contribution in [0.4, 0.5) is 0 Å². The zero-order valence-electron chi connectivity index (χ0n) is 36.7. The van der Waals surface area contributed by atoms with Gasteiger partial charge in [0.05, 0.1) is 26.1 Å². The van der Waals surface area contributed by atoms with E-state index >= 15 is 0 Å². The Kier molecular flexibility index (Phi) is 12.4. The topological polar surface area (TPSA) is 134 Å². The summed E-state index contributed by atoms with van der Waals surface area (Å²) in [7, 11) is 0. The van der Waals surface area contributed by atoms with Crippen LogP contribution in [-0.2, 0) is 56.9 Å². The van der Waals surface area contributed by atoms with Crippen molar-refractivity contribution in [3.05, 3.63) is 115 Å². The predicted molar refractivity (Wildman–Crippen MR) is 231 cm³/mol. The molecule has 8 heteroatoms. The zero-order chi connectivity index (χ0) is 43.1. The minimum absolute atomic E-state index is 0.0435. The van der Waals surface area contributed by atoms with Crippen molar-refractivity contribution in [3.63, 3.8) is 0 Å². The fraction of sp³-hybridized carbons (Fsp3) is 0.480. The first-order valence-corrected chi connectivity index (χ1v) is 20.4. The van der Waals surface area contributed by atoms with E-state index in [1.807, 2.05) is 0 Å². The smallest absolute Gasteiger partial charge is 0.306 e. The third-order valence-corrected chi connectivity index (χ3v) is 11.1. The monoisotopic (exact) mass is 792 g/mol. The summed E-state index contributed by atoms with van der Waals surface area (Å²) in [4.78, 5) is 23.5. The normalized spacial score (nSPS) is 13.6. The Labute approximate surface area is 345 Å². The molecule has 0 radical (unpaired) electrons. The second kappa shape index (κ2) is 16.3. The van der Waals surface area contributed by atoms with Gasteiger partial charge in [0.2, 0.25) is 0 Å². The lowest BCUT2D eigenvalue weighted by atomic mass is 9.79. The minimum Gasteiger partial charge on any atom is -0.507 e. The number of ether oxygens (including phenoxy) is 2. The van der Waals surface area contributed by atoms with Gasteiger partial charge in [-0.05, 0) is 88.4 Å². The van der Waals surface area contributed by atoms with Gasteiger partial charge in [-0.25, -0.2) is 0 Å². The van der Waals surface area contributed by atoms with E-state index in [-0.39, 0.29) is 59.2 Å². The largest absolute Gasteiger partial charge is 0.507 e. The van der Waals surface area contributed by atoms with Crippen molar-refractivity contribution in [3.8, 4) is 23.0 Å². The highest BCUT2D eigenvalue weighted by atomic mass is 16.5. The number of phenolic OH excluding ortho intramolecular Hbond substituents is 2. The van der Waals surface area contributed by atoms with Gasteiger partial charge in [0.15, 0.2) is 0 Å². The summed E-state index contributed by atoms with van der Waals surface area (Å²) in [6.07, 6.45) is 0.837. The third kappa shape index (κ3) is 10.4. The van der Waals surface area contributed by atoms with Crippen molar-refractivity contribution in [1.29, 1.82) is 0 Å². The minimum atomic E-state index is -0.965. The van der Waals surface area contributed by atoms with Crippen LogP contribution >= 0.6 is 0 Å². The number of rotatable bonds is 8. The highest BCUT2D eigenvalue weighted by molar-refractivity contribution is 5.67. The van der Waals surface area contributed by atoms with E-state index in [2.05, 4.69) is 132 Å². The lowest BCUT2D eigenvalue weighted by Gasteiger charge is -2.28. The van der Waals surface area contributed by atoms with E-state index in [0.29, 0.717) is 59.4 Å². The van der Waals surface area contributed by atoms with E-state index < -0.39 is 11.9 Å². The second-order valence-corrected chi connectivity index (χ2v) is 20.2. The molecule has 4 N–H and O–H groups in total. The van der Waals surface area contributed by atoms with Gasteiger partial charge in [-0.1, -0.05) is 132 Å². The summed E-state index contributed by atoms with van der Waals surface area (Å²) in [5.74, 6) is -0.520. The molecule has 0 saturated carbocycles. The Balaban J connectivity index is 1.93. The van der Waals surface area contributed by atoms with E-state index in [1.165, 1.54) is 0 Å². The van der Waals surface area contributed by atoms with Crippen molar-refractivity contribution in [2.45, 2.75) is 143 Å². The van der Waals surface area contributed by atoms with Gasteiger partial charge in [0.25, 0.3) is 0 Å². The molecule has 312 valence electrons. The first kappa shape index (κ1) is 44.1. The number of hydrogen-bond donors (Lipinski definition) is 4. The van der Waals surface area contributed by atoms with Gasteiger partial charge in [-0.2, -0.15) is 0 Å². The molecule has 4 aromatic carbocycles. The van der Waals surface area contributed by atoms with Crippen LogP contribution in [0.1, 0.15) is 163 Å². The van der Waals surface area contributed by atoms with Crippen LogP contribution in [0.2, 0.25) is 0 Å². The molecule has 8 bridgehead atoms. The number of carboxylic acids is 2. The zero-order valence-corrected chi connectivity index (χ0v) is 36.7.